The van der Waals surface area contributed by atoms with E-state index in [0.717, 1.165) is 38.9 Å². The van der Waals surface area contributed by atoms with Crippen LogP contribution in [0.2, 0.25) is 0 Å². The van der Waals surface area contributed by atoms with Crippen molar-refractivity contribution in [2.45, 2.75) is 59.0 Å². The minimum Gasteiger partial charge on any atom is -0.468 e. The number of esters is 1. The van der Waals surface area contributed by atoms with Crippen LogP contribution in [0.25, 0.3) is 0 Å². The van der Waals surface area contributed by atoms with Crippen LogP contribution in [0.15, 0.2) is 0 Å². The number of nitrogens with zero attached hydrogens (tertiary/aromatic N) is 1. The van der Waals surface area contributed by atoms with Crippen LogP contribution in [-0.4, -0.2) is 49.7 Å². The summed E-state index contributed by atoms with van der Waals surface area (Å²) in [4.78, 5) is 14.1. The van der Waals surface area contributed by atoms with Gasteiger partial charge in [-0.2, -0.15) is 0 Å². The van der Waals surface area contributed by atoms with Gasteiger partial charge < -0.3 is 15.0 Å². The molecule has 108 valence electrons. The zero-order valence-electron chi connectivity index (χ0n) is 12.7. The maximum absolute atomic E-state index is 11.7. The zero-order chi connectivity index (χ0) is 14.0. The third kappa shape index (κ3) is 7.67. The molecule has 0 bridgehead atoms. The topological polar surface area (TPSA) is 41.6 Å². The number of nitrogens with one attached hydrogen (secondary N) is 1. The Bertz CT molecular complexity index is 214. The smallest absolute Gasteiger partial charge is 0.322 e. The summed E-state index contributed by atoms with van der Waals surface area (Å²) in [5, 5.41) is 3.27. The Balaban J connectivity index is 4.24. The standard InChI is InChI=1S/C14H30N2O2/c1-6-9-16(10-7-2)11-8-13(14(17)18-5)15-12(3)4/h12-13,15H,6-11H2,1-5H3. The third-order valence-corrected chi connectivity index (χ3v) is 2.83. The molecule has 0 radical (unpaired) electrons. The van der Waals surface area contributed by atoms with Gasteiger partial charge in [-0.05, 0) is 32.4 Å². The lowest BCUT2D eigenvalue weighted by Crippen LogP contribution is -2.44. The van der Waals surface area contributed by atoms with E-state index in [4.69, 9.17) is 4.74 Å². The Morgan fingerprint density at radius 1 is 1.17 bits per heavy atom. The minimum absolute atomic E-state index is 0.156. The molecule has 0 aromatic heterocycles. The molecular formula is C14H30N2O2. The molecule has 1 unspecified atom stereocenters. The summed E-state index contributed by atoms with van der Waals surface area (Å²) < 4.78 is 4.85. The molecule has 0 amide bonds. The van der Waals surface area contributed by atoms with Crippen molar-refractivity contribution in [3.05, 3.63) is 0 Å². The van der Waals surface area contributed by atoms with E-state index in [-0.39, 0.29) is 12.0 Å². The summed E-state index contributed by atoms with van der Waals surface area (Å²) in [7, 11) is 1.45. The number of ether oxygens (including phenoxy) is 1. The molecule has 18 heavy (non-hydrogen) atoms. The SMILES string of the molecule is CCCN(CCC)CCC(NC(C)C)C(=O)OC. The van der Waals surface area contributed by atoms with E-state index in [1.807, 2.05) is 13.8 Å². The fraction of sp³-hybridized carbons (Fsp3) is 0.929. The van der Waals surface area contributed by atoms with E-state index in [2.05, 4.69) is 24.1 Å². The molecule has 0 aliphatic carbocycles. The summed E-state index contributed by atoms with van der Waals surface area (Å²) in [6.07, 6.45) is 3.12. The molecule has 0 aromatic carbocycles. The van der Waals surface area contributed by atoms with Crippen LogP contribution in [0, 0.1) is 0 Å². The van der Waals surface area contributed by atoms with Gasteiger partial charge in [-0.3, -0.25) is 4.79 Å². The Kier molecular flexibility index (Phi) is 9.98. The Morgan fingerprint density at radius 3 is 2.11 bits per heavy atom. The number of hydrogen-bond acceptors (Lipinski definition) is 4. The van der Waals surface area contributed by atoms with Crippen molar-refractivity contribution in [1.29, 1.82) is 0 Å². The summed E-state index contributed by atoms with van der Waals surface area (Å²) in [6, 6.07) is 0.103. The molecule has 0 aliphatic rings. The molecular weight excluding hydrogens is 228 g/mol. The molecule has 0 fully saturated rings. The normalized spacial score (nSPS) is 13.1. The number of carbonyl (C=O) groups is 1. The van der Waals surface area contributed by atoms with Gasteiger partial charge in [0.1, 0.15) is 6.04 Å². The molecule has 0 heterocycles. The van der Waals surface area contributed by atoms with Gasteiger partial charge in [-0.1, -0.05) is 27.7 Å². The highest BCUT2D eigenvalue weighted by molar-refractivity contribution is 5.75. The number of rotatable bonds is 10. The highest BCUT2D eigenvalue weighted by Gasteiger charge is 2.20. The second-order valence-electron chi connectivity index (χ2n) is 5.03. The average Bonchev–Trinajstić information content (AvgIpc) is 2.33. The Morgan fingerprint density at radius 2 is 1.72 bits per heavy atom. The molecule has 0 spiro atoms. The Labute approximate surface area is 112 Å². The maximum atomic E-state index is 11.7. The summed E-state index contributed by atoms with van der Waals surface area (Å²) in [5.41, 5.74) is 0. The monoisotopic (exact) mass is 258 g/mol. The van der Waals surface area contributed by atoms with Crippen molar-refractivity contribution in [3.63, 3.8) is 0 Å². The number of methoxy groups -OCH3 is 1. The molecule has 4 heteroatoms. The van der Waals surface area contributed by atoms with Crippen LogP contribution in [0.4, 0.5) is 0 Å². The lowest BCUT2D eigenvalue weighted by Gasteiger charge is -2.25. The lowest BCUT2D eigenvalue weighted by molar-refractivity contribution is -0.143. The highest BCUT2D eigenvalue weighted by atomic mass is 16.5. The van der Waals surface area contributed by atoms with Crippen molar-refractivity contribution in [3.8, 4) is 0 Å². The van der Waals surface area contributed by atoms with Gasteiger partial charge in [-0.15, -0.1) is 0 Å². The van der Waals surface area contributed by atoms with E-state index in [9.17, 15) is 4.79 Å². The molecule has 1 N–H and O–H groups in total. The molecule has 0 aliphatic heterocycles. The van der Waals surface area contributed by atoms with E-state index >= 15 is 0 Å². The summed E-state index contributed by atoms with van der Waals surface area (Å²) in [5.74, 6) is -0.156. The summed E-state index contributed by atoms with van der Waals surface area (Å²) >= 11 is 0. The maximum Gasteiger partial charge on any atom is 0.322 e. The first kappa shape index (κ1) is 17.4. The lowest BCUT2D eigenvalue weighted by atomic mass is 10.1. The predicted molar refractivity (Wildman–Crippen MR) is 75.7 cm³/mol. The van der Waals surface area contributed by atoms with Gasteiger partial charge in [0, 0.05) is 12.6 Å². The van der Waals surface area contributed by atoms with E-state index in [1.165, 1.54) is 7.11 Å². The van der Waals surface area contributed by atoms with Gasteiger partial charge in [0.2, 0.25) is 0 Å². The largest absolute Gasteiger partial charge is 0.468 e. The van der Waals surface area contributed by atoms with Gasteiger partial charge in [-0.25, -0.2) is 0 Å². The molecule has 4 nitrogen and oxygen atoms in total. The summed E-state index contributed by atoms with van der Waals surface area (Å²) in [6.45, 7) is 11.6. The van der Waals surface area contributed by atoms with Crippen LogP contribution in [0.1, 0.15) is 47.0 Å². The average molecular weight is 258 g/mol. The second-order valence-corrected chi connectivity index (χ2v) is 5.03. The van der Waals surface area contributed by atoms with Gasteiger partial charge in [0.05, 0.1) is 7.11 Å². The van der Waals surface area contributed by atoms with Crippen molar-refractivity contribution < 1.29 is 9.53 Å². The quantitative estimate of drug-likeness (QED) is 0.609. The minimum atomic E-state index is -0.189. The molecule has 0 aromatic rings. The Hall–Kier alpha value is -0.610. The van der Waals surface area contributed by atoms with Crippen LogP contribution in [-0.2, 0) is 9.53 Å². The van der Waals surface area contributed by atoms with Crippen molar-refractivity contribution in [2.75, 3.05) is 26.7 Å². The number of hydrogen-bond donors (Lipinski definition) is 1. The van der Waals surface area contributed by atoms with Crippen LogP contribution in [0.5, 0.6) is 0 Å². The molecule has 0 rings (SSSR count). The number of carbonyl (C=O) groups excluding carboxylic acids is 1. The first-order valence-electron chi connectivity index (χ1n) is 7.11. The highest BCUT2D eigenvalue weighted by Crippen LogP contribution is 2.02. The van der Waals surface area contributed by atoms with E-state index < -0.39 is 0 Å². The van der Waals surface area contributed by atoms with E-state index in [1.54, 1.807) is 0 Å². The fourth-order valence-corrected chi connectivity index (χ4v) is 2.09. The second kappa shape index (κ2) is 10.3. The first-order valence-corrected chi connectivity index (χ1v) is 7.11. The van der Waals surface area contributed by atoms with Crippen molar-refractivity contribution in [2.24, 2.45) is 0 Å². The molecule has 1 atom stereocenters. The first-order chi connectivity index (χ1) is 8.54. The van der Waals surface area contributed by atoms with Gasteiger partial charge in [0.25, 0.3) is 0 Å². The molecule has 0 saturated carbocycles. The van der Waals surface area contributed by atoms with Crippen molar-refractivity contribution >= 4 is 5.97 Å². The van der Waals surface area contributed by atoms with Crippen LogP contribution < -0.4 is 5.32 Å². The molecule has 0 saturated heterocycles. The van der Waals surface area contributed by atoms with Crippen LogP contribution >= 0.6 is 0 Å². The fourth-order valence-electron chi connectivity index (χ4n) is 2.09. The van der Waals surface area contributed by atoms with Crippen molar-refractivity contribution in [1.82, 2.24) is 10.2 Å². The van der Waals surface area contributed by atoms with E-state index in [0.29, 0.717) is 6.04 Å². The predicted octanol–water partition coefficient (Wildman–Crippen LogP) is 2.04. The van der Waals surface area contributed by atoms with Crippen LogP contribution in [0.3, 0.4) is 0 Å². The van der Waals surface area contributed by atoms with Gasteiger partial charge in [0.15, 0.2) is 0 Å². The third-order valence-electron chi connectivity index (χ3n) is 2.83. The zero-order valence-corrected chi connectivity index (χ0v) is 12.7. The van der Waals surface area contributed by atoms with Gasteiger partial charge >= 0.3 is 5.97 Å².